The van der Waals surface area contributed by atoms with E-state index in [4.69, 9.17) is 23.7 Å². The maximum atomic E-state index is 13.9. The summed E-state index contributed by atoms with van der Waals surface area (Å²) in [6, 6.07) is 8.82. The minimum Gasteiger partial charge on any atom is -0.458 e. The van der Waals surface area contributed by atoms with Crippen LogP contribution >= 0.6 is 0 Å². The summed E-state index contributed by atoms with van der Waals surface area (Å²) in [5.41, 5.74) is -9.14. The molecule has 12 atom stereocenters. The van der Waals surface area contributed by atoms with Crippen molar-refractivity contribution < 1.29 is 58.2 Å². The summed E-state index contributed by atoms with van der Waals surface area (Å²) in [5.74, 6) is -6.06. The number of rotatable bonds is 3. The van der Waals surface area contributed by atoms with Crippen molar-refractivity contribution in [3.63, 3.8) is 0 Å². The molecule has 0 amide bonds. The van der Waals surface area contributed by atoms with E-state index in [-0.39, 0.29) is 6.42 Å². The Bertz CT molecular complexity index is 1350. The Morgan fingerprint density at radius 1 is 1.00 bits per heavy atom. The summed E-state index contributed by atoms with van der Waals surface area (Å²) < 4.78 is 29.1. The molecule has 40 heavy (non-hydrogen) atoms. The molecule has 4 aliphatic heterocycles. The highest BCUT2D eigenvalue weighted by molar-refractivity contribution is 5.94. The van der Waals surface area contributed by atoms with Gasteiger partial charge in [0.1, 0.15) is 12.2 Å². The van der Waals surface area contributed by atoms with E-state index in [1.165, 1.54) is 6.92 Å². The van der Waals surface area contributed by atoms with Gasteiger partial charge in [-0.1, -0.05) is 51.1 Å². The van der Waals surface area contributed by atoms with Crippen LogP contribution in [0.5, 0.6) is 0 Å². The number of carbonyl (C=O) groups excluding carboxylic acids is 4. The lowest BCUT2D eigenvalue weighted by atomic mass is 9.51. The van der Waals surface area contributed by atoms with Gasteiger partial charge in [0.05, 0.1) is 23.2 Å². The third kappa shape index (κ3) is 2.35. The molecule has 0 radical (unpaired) electrons. The van der Waals surface area contributed by atoms with E-state index in [1.54, 1.807) is 51.1 Å². The number of ether oxygens (including phenoxy) is 5. The molecule has 12 heteroatoms. The van der Waals surface area contributed by atoms with Gasteiger partial charge in [0, 0.05) is 5.92 Å². The highest BCUT2D eigenvalue weighted by Gasteiger charge is 3.05. The van der Waals surface area contributed by atoms with Crippen LogP contribution in [-0.4, -0.2) is 87.2 Å². The van der Waals surface area contributed by atoms with Crippen molar-refractivity contribution in [1.29, 1.82) is 0 Å². The van der Waals surface area contributed by atoms with E-state index >= 15 is 0 Å². The lowest BCUT2D eigenvalue weighted by Gasteiger charge is -2.47. The average Bonchev–Trinajstić information content (AvgIpc) is 3.58. The Hall–Kier alpha value is -3.06. The van der Waals surface area contributed by atoms with Crippen LogP contribution in [-0.2, 0) is 49.3 Å². The minimum atomic E-state index is -2.48. The normalized spacial score (nSPS) is 49.6. The van der Waals surface area contributed by atoms with Gasteiger partial charge >= 0.3 is 23.9 Å². The smallest absolute Gasteiger partial charge is 0.343 e. The summed E-state index contributed by atoms with van der Waals surface area (Å²) in [6.07, 6.45) is -9.99. The van der Waals surface area contributed by atoms with E-state index in [1.807, 2.05) is 0 Å². The first kappa shape index (κ1) is 25.9. The van der Waals surface area contributed by atoms with E-state index in [9.17, 15) is 34.5 Å². The molecule has 1 aromatic rings. The van der Waals surface area contributed by atoms with Crippen LogP contribution in [0.25, 0.3) is 0 Å². The van der Waals surface area contributed by atoms with Crippen molar-refractivity contribution in [3.8, 4) is 0 Å². The molecule has 4 saturated heterocycles. The molecule has 6 fully saturated rings. The quantitative estimate of drug-likeness (QED) is 0.318. The summed E-state index contributed by atoms with van der Waals surface area (Å²) in [7, 11) is 0. The van der Waals surface area contributed by atoms with Gasteiger partial charge in [0.25, 0.3) is 0 Å². The highest BCUT2D eigenvalue weighted by Crippen LogP contribution is 2.84. The fraction of sp³-hybridized carbons (Fsp3) is 0.643. The monoisotopic (exact) mass is 558 g/mol. The molecule has 0 bridgehead atoms. The fourth-order valence-corrected chi connectivity index (χ4v) is 9.31. The van der Waals surface area contributed by atoms with Crippen LogP contribution in [0.3, 0.4) is 0 Å². The van der Waals surface area contributed by atoms with E-state index < -0.39 is 100.0 Å². The molecular formula is C28H30O12. The molecule has 6 aliphatic rings. The van der Waals surface area contributed by atoms with Gasteiger partial charge in [-0.05, 0) is 17.9 Å². The molecule has 7 rings (SSSR count). The molecule has 214 valence electrons. The van der Waals surface area contributed by atoms with Crippen molar-refractivity contribution in [2.24, 2.45) is 28.1 Å². The number of fused-ring (bicyclic) bond motifs is 1. The van der Waals surface area contributed by atoms with Crippen LogP contribution in [0.4, 0.5) is 0 Å². The highest BCUT2D eigenvalue weighted by atomic mass is 16.8. The number of aliphatic hydroxyl groups is 3. The van der Waals surface area contributed by atoms with Gasteiger partial charge in [0.2, 0.25) is 11.9 Å². The number of carbonyl (C=O) groups is 4. The third-order valence-electron chi connectivity index (χ3n) is 10.4. The summed E-state index contributed by atoms with van der Waals surface area (Å²) in [4.78, 5) is 52.9. The third-order valence-corrected chi connectivity index (χ3v) is 10.4. The summed E-state index contributed by atoms with van der Waals surface area (Å²) >= 11 is 0. The van der Waals surface area contributed by atoms with Crippen molar-refractivity contribution in [2.75, 3.05) is 0 Å². The van der Waals surface area contributed by atoms with Crippen molar-refractivity contribution in [2.45, 2.75) is 82.1 Å². The Kier molecular flexibility index (Phi) is 4.79. The number of hydrogen-bond donors (Lipinski definition) is 3. The van der Waals surface area contributed by atoms with Crippen LogP contribution < -0.4 is 0 Å². The molecule has 2 saturated carbocycles. The number of hydrogen-bond acceptors (Lipinski definition) is 12. The molecule has 4 heterocycles. The second-order valence-corrected chi connectivity index (χ2v) is 12.9. The first-order valence-electron chi connectivity index (χ1n) is 13.3. The fourth-order valence-electron chi connectivity index (χ4n) is 9.31. The maximum Gasteiger partial charge on any atom is 0.343 e. The zero-order valence-corrected chi connectivity index (χ0v) is 22.2. The maximum absolute atomic E-state index is 13.9. The van der Waals surface area contributed by atoms with Crippen LogP contribution in [0, 0.1) is 28.1 Å². The summed E-state index contributed by atoms with van der Waals surface area (Å²) in [5, 5.41) is 35.9. The number of esters is 4. The SMILES string of the molecule is C[C@@H]1C(=O)O[C@H]2[C@H](O)[C@@]34[C@@H]5OC(=O)[C@@]3(O[C@@H]3OC(=O)[C@H](O)[C@]34[C@H](C(C)(C)C)[C@@H]5OC(=O)Cc3ccccc3)[C@@]12O. The molecule has 2 spiro atoms. The Labute approximate surface area is 228 Å². The van der Waals surface area contributed by atoms with Gasteiger partial charge in [-0.2, -0.15) is 0 Å². The van der Waals surface area contributed by atoms with Crippen LogP contribution in [0.2, 0.25) is 0 Å². The van der Waals surface area contributed by atoms with Gasteiger partial charge in [-0.25, -0.2) is 9.59 Å². The molecule has 2 aliphatic carbocycles. The van der Waals surface area contributed by atoms with Crippen molar-refractivity contribution in [1.82, 2.24) is 0 Å². The first-order chi connectivity index (χ1) is 18.7. The minimum absolute atomic E-state index is 0.123. The molecule has 0 aromatic heterocycles. The Morgan fingerprint density at radius 3 is 2.33 bits per heavy atom. The molecule has 0 unspecified atom stereocenters. The summed E-state index contributed by atoms with van der Waals surface area (Å²) in [6.45, 7) is 6.70. The average molecular weight is 559 g/mol. The number of benzene rings is 1. The van der Waals surface area contributed by atoms with Crippen molar-refractivity contribution >= 4 is 23.9 Å². The van der Waals surface area contributed by atoms with Gasteiger partial charge in [-0.15, -0.1) is 0 Å². The van der Waals surface area contributed by atoms with Gasteiger partial charge in [0.15, 0.2) is 23.9 Å². The van der Waals surface area contributed by atoms with Gasteiger partial charge < -0.3 is 39.0 Å². The predicted molar refractivity (Wildman–Crippen MR) is 127 cm³/mol. The molecular weight excluding hydrogens is 528 g/mol. The second kappa shape index (κ2) is 7.41. The topological polar surface area (TPSA) is 175 Å². The van der Waals surface area contributed by atoms with E-state index in [0.29, 0.717) is 5.56 Å². The van der Waals surface area contributed by atoms with E-state index in [0.717, 1.165) is 0 Å². The van der Waals surface area contributed by atoms with Crippen molar-refractivity contribution in [3.05, 3.63) is 35.9 Å². The van der Waals surface area contributed by atoms with Gasteiger partial charge in [-0.3, -0.25) is 9.59 Å². The largest absolute Gasteiger partial charge is 0.458 e. The number of aliphatic hydroxyl groups excluding tert-OH is 2. The van der Waals surface area contributed by atoms with Crippen LogP contribution in [0.15, 0.2) is 30.3 Å². The van der Waals surface area contributed by atoms with E-state index in [2.05, 4.69) is 0 Å². The van der Waals surface area contributed by atoms with Crippen LogP contribution in [0.1, 0.15) is 33.3 Å². The molecule has 3 N–H and O–H groups in total. The Balaban J connectivity index is 1.46. The lowest BCUT2D eigenvalue weighted by molar-refractivity contribution is -0.240. The lowest BCUT2D eigenvalue weighted by Crippen LogP contribution is -2.67. The molecule has 1 aromatic carbocycles. The molecule has 12 nitrogen and oxygen atoms in total. The second-order valence-electron chi connectivity index (χ2n) is 12.9. The zero-order chi connectivity index (χ0) is 28.8. The first-order valence-corrected chi connectivity index (χ1v) is 13.3. The predicted octanol–water partition coefficient (Wildman–Crippen LogP) is -0.605. The Morgan fingerprint density at radius 2 is 1.68 bits per heavy atom. The zero-order valence-electron chi connectivity index (χ0n) is 22.2. The standard InChI is InChI=1S/C28H30O12/c1-11-20(32)37-19-16(30)26-18-14(36-13(29)10-12-8-6-5-7-9-12)15(24(2,3)4)25(26)17(31)21(33)39-23(25)40-28(26,22(34)38-18)27(11,19)35/h5-9,11,14-19,23,30-31,35H,10H2,1-4H3/t11-,14+,15+,16+,17+,18-,19+,23+,25-,26+,27-,28+/m1/s1.